The second-order valence-corrected chi connectivity index (χ2v) is 5.35. The van der Waals surface area contributed by atoms with Crippen LogP contribution < -0.4 is 10.9 Å². The molecule has 3 N–H and O–H groups in total. The van der Waals surface area contributed by atoms with Crippen LogP contribution in [0.3, 0.4) is 0 Å². The summed E-state index contributed by atoms with van der Waals surface area (Å²) in [6.07, 6.45) is 3.30. The van der Waals surface area contributed by atoms with Gasteiger partial charge in [0.1, 0.15) is 5.69 Å². The standard InChI is InChI=1S/C17H14ClN5O/c1-11(12-6-8-19-9-7-12)20-23-17(24)16-10-15(21-22-16)13-4-2-3-5-14(13)18/h2-10,20H,1H2,(H,21,22)(H,23,24). The number of hydrazine groups is 1. The van der Waals surface area contributed by atoms with Crippen LogP contribution in [0.15, 0.2) is 61.4 Å². The Bertz CT molecular complexity index is 875. The Morgan fingerprint density at radius 2 is 1.88 bits per heavy atom. The maximum absolute atomic E-state index is 12.2. The van der Waals surface area contributed by atoms with Gasteiger partial charge in [0.25, 0.3) is 5.91 Å². The molecule has 0 aliphatic rings. The van der Waals surface area contributed by atoms with Crippen molar-refractivity contribution in [3.05, 3.63) is 77.7 Å². The van der Waals surface area contributed by atoms with Crippen LogP contribution in [0.1, 0.15) is 16.1 Å². The summed E-state index contributed by atoms with van der Waals surface area (Å²) in [5.74, 6) is -0.365. The van der Waals surface area contributed by atoms with E-state index in [1.165, 1.54) is 0 Å². The van der Waals surface area contributed by atoms with Gasteiger partial charge in [0.05, 0.1) is 16.4 Å². The second-order valence-electron chi connectivity index (χ2n) is 4.94. The number of rotatable bonds is 5. The Morgan fingerprint density at radius 3 is 2.62 bits per heavy atom. The normalized spacial score (nSPS) is 10.2. The number of aromatic nitrogens is 3. The topological polar surface area (TPSA) is 82.7 Å². The quantitative estimate of drug-likeness (QED) is 0.624. The first-order valence-electron chi connectivity index (χ1n) is 7.11. The first kappa shape index (κ1) is 15.8. The van der Waals surface area contributed by atoms with Crippen LogP contribution in [0.2, 0.25) is 5.02 Å². The van der Waals surface area contributed by atoms with E-state index in [1.54, 1.807) is 36.7 Å². The largest absolute Gasteiger partial charge is 0.298 e. The minimum atomic E-state index is -0.365. The second kappa shape index (κ2) is 6.97. The third-order valence-corrected chi connectivity index (χ3v) is 3.66. The molecule has 2 aromatic heterocycles. The zero-order valence-corrected chi connectivity index (χ0v) is 13.3. The molecule has 1 aromatic carbocycles. The summed E-state index contributed by atoms with van der Waals surface area (Å²) in [4.78, 5) is 16.1. The molecule has 0 aliphatic carbocycles. The van der Waals surface area contributed by atoms with Gasteiger partial charge in [0.2, 0.25) is 0 Å². The number of benzene rings is 1. The van der Waals surface area contributed by atoms with E-state index < -0.39 is 0 Å². The van der Waals surface area contributed by atoms with Crippen LogP contribution in [-0.2, 0) is 0 Å². The number of carbonyl (C=O) groups excluding carboxylic acids is 1. The van der Waals surface area contributed by atoms with E-state index in [9.17, 15) is 4.79 Å². The number of aromatic amines is 1. The van der Waals surface area contributed by atoms with E-state index in [0.717, 1.165) is 11.1 Å². The van der Waals surface area contributed by atoms with Crippen molar-refractivity contribution in [2.45, 2.75) is 0 Å². The molecule has 3 aromatic rings. The first-order chi connectivity index (χ1) is 11.6. The van der Waals surface area contributed by atoms with Gasteiger partial charge < -0.3 is 0 Å². The van der Waals surface area contributed by atoms with Gasteiger partial charge >= 0.3 is 0 Å². The van der Waals surface area contributed by atoms with Crippen molar-refractivity contribution in [2.24, 2.45) is 0 Å². The van der Waals surface area contributed by atoms with E-state index >= 15 is 0 Å². The lowest BCUT2D eigenvalue weighted by molar-refractivity contribution is 0.0937. The molecule has 120 valence electrons. The minimum absolute atomic E-state index is 0.306. The van der Waals surface area contributed by atoms with E-state index in [1.807, 2.05) is 18.2 Å². The van der Waals surface area contributed by atoms with Crippen molar-refractivity contribution in [3.63, 3.8) is 0 Å². The molecule has 7 heteroatoms. The molecule has 0 saturated carbocycles. The monoisotopic (exact) mass is 339 g/mol. The fourth-order valence-corrected chi connectivity index (χ4v) is 2.30. The molecular formula is C17H14ClN5O. The average Bonchev–Trinajstić information content (AvgIpc) is 3.10. The van der Waals surface area contributed by atoms with Crippen molar-refractivity contribution in [3.8, 4) is 11.3 Å². The number of H-pyrrole nitrogens is 1. The lowest BCUT2D eigenvalue weighted by Gasteiger charge is -2.09. The van der Waals surface area contributed by atoms with Crippen LogP contribution in [0.5, 0.6) is 0 Å². The molecular weight excluding hydrogens is 326 g/mol. The Hall–Kier alpha value is -3.12. The first-order valence-corrected chi connectivity index (χ1v) is 7.49. The number of amides is 1. The highest BCUT2D eigenvalue weighted by atomic mass is 35.5. The lowest BCUT2D eigenvalue weighted by Crippen LogP contribution is -2.36. The van der Waals surface area contributed by atoms with Gasteiger partial charge in [-0.3, -0.25) is 25.7 Å². The summed E-state index contributed by atoms with van der Waals surface area (Å²) in [6.45, 7) is 3.86. The van der Waals surface area contributed by atoms with Crippen molar-refractivity contribution in [1.82, 2.24) is 26.0 Å². The maximum Gasteiger partial charge on any atom is 0.287 e. The number of hydrogen-bond acceptors (Lipinski definition) is 4. The van der Waals surface area contributed by atoms with E-state index in [4.69, 9.17) is 11.6 Å². The third-order valence-electron chi connectivity index (χ3n) is 3.33. The predicted molar refractivity (Wildman–Crippen MR) is 92.9 cm³/mol. The summed E-state index contributed by atoms with van der Waals surface area (Å²) in [7, 11) is 0. The molecule has 0 unspecified atom stereocenters. The highest BCUT2D eigenvalue weighted by molar-refractivity contribution is 6.33. The molecule has 0 bridgehead atoms. The minimum Gasteiger partial charge on any atom is -0.298 e. The fraction of sp³-hybridized carbons (Fsp3) is 0. The number of carbonyl (C=O) groups is 1. The van der Waals surface area contributed by atoms with Crippen LogP contribution in [0.4, 0.5) is 0 Å². The van der Waals surface area contributed by atoms with Crippen LogP contribution in [0.25, 0.3) is 17.0 Å². The number of nitrogens with zero attached hydrogens (tertiary/aromatic N) is 2. The van der Waals surface area contributed by atoms with Crippen LogP contribution >= 0.6 is 11.6 Å². The van der Waals surface area contributed by atoms with Gasteiger partial charge in [-0.1, -0.05) is 36.4 Å². The average molecular weight is 340 g/mol. The Balaban J connectivity index is 1.66. The molecule has 24 heavy (non-hydrogen) atoms. The maximum atomic E-state index is 12.2. The van der Waals surface area contributed by atoms with Crippen molar-refractivity contribution >= 4 is 23.2 Å². The molecule has 6 nitrogen and oxygen atoms in total. The SMILES string of the molecule is C=C(NNC(=O)c1cc(-c2ccccc2Cl)n[nH]1)c1ccncc1. The zero-order valence-electron chi connectivity index (χ0n) is 12.6. The summed E-state index contributed by atoms with van der Waals surface area (Å²) in [5, 5.41) is 7.39. The zero-order chi connectivity index (χ0) is 16.9. The fourth-order valence-electron chi connectivity index (χ4n) is 2.07. The molecule has 3 rings (SSSR count). The molecule has 0 fully saturated rings. The highest BCUT2D eigenvalue weighted by Gasteiger charge is 2.12. The van der Waals surface area contributed by atoms with Gasteiger partial charge in [-0.15, -0.1) is 0 Å². The summed E-state index contributed by atoms with van der Waals surface area (Å²) >= 11 is 6.13. The van der Waals surface area contributed by atoms with Crippen LogP contribution in [-0.4, -0.2) is 21.1 Å². The van der Waals surface area contributed by atoms with Gasteiger partial charge in [-0.05, 0) is 24.3 Å². The predicted octanol–water partition coefficient (Wildman–Crippen LogP) is 3.03. The van der Waals surface area contributed by atoms with Crippen molar-refractivity contribution < 1.29 is 4.79 Å². The molecule has 0 radical (unpaired) electrons. The number of hydrogen-bond donors (Lipinski definition) is 3. The Kier molecular flexibility index (Phi) is 4.58. The molecule has 2 heterocycles. The number of halogens is 1. The van der Waals surface area contributed by atoms with Gasteiger partial charge in [-0.2, -0.15) is 5.10 Å². The van der Waals surface area contributed by atoms with E-state index in [0.29, 0.717) is 22.1 Å². The van der Waals surface area contributed by atoms with Crippen LogP contribution in [0, 0.1) is 0 Å². The molecule has 0 spiro atoms. The summed E-state index contributed by atoms with van der Waals surface area (Å²) in [6, 6.07) is 12.5. The van der Waals surface area contributed by atoms with E-state index in [-0.39, 0.29) is 5.91 Å². The highest BCUT2D eigenvalue weighted by Crippen LogP contribution is 2.26. The Labute approximate surface area is 143 Å². The Morgan fingerprint density at radius 1 is 1.12 bits per heavy atom. The lowest BCUT2D eigenvalue weighted by atomic mass is 10.1. The molecule has 1 amide bonds. The van der Waals surface area contributed by atoms with Gasteiger partial charge in [-0.25, -0.2) is 0 Å². The van der Waals surface area contributed by atoms with Gasteiger partial charge in [0, 0.05) is 23.5 Å². The molecule has 0 atom stereocenters. The van der Waals surface area contributed by atoms with Crippen molar-refractivity contribution in [1.29, 1.82) is 0 Å². The third kappa shape index (κ3) is 3.44. The van der Waals surface area contributed by atoms with E-state index in [2.05, 4.69) is 32.6 Å². The smallest absolute Gasteiger partial charge is 0.287 e. The number of pyridine rings is 1. The van der Waals surface area contributed by atoms with Gasteiger partial charge in [0.15, 0.2) is 0 Å². The molecule has 0 saturated heterocycles. The molecule has 0 aliphatic heterocycles. The van der Waals surface area contributed by atoms with Crippen molar-refractivity contribution in [2.75, 3.05) is 0 Å². The number of nitrogens with one attached hydrogen (secondary N) is 3. The summed E-state index contributed by atoms with van der Waals surface area (Å²) < 4.78 is 0. The summed E-state index contributed by atoms with van der Waals surface area (Å²) in [5.41, 5.74) is 8.36.